The fourth-order valence-corrected chi connectivity index (χ4v) is 5.10. The topological polar surface area (TPSA) is 86.7 Å². The number of hydrogen-bond donors (Lipinski definition) is 0. The predicted octanol–water partition coefficient (Wildman–Crippen LogP) is 2.55. The molecule has 8 heteroatoms. The van der Waals surface area contributed by atoms with E-state index >= 15 is 0 Å². The zero-order valence-electron chi connectivity index (χ0n) is 19.0. The second-order valence-corrected chi connectivity index (χ2v) is 9.13. The molecule has 4 heterocycles. The fourth-order valence-electron chi connectivity index (χ4n) is 5.10. The third-order valence-electron chi connectivity index (χ3n) is 6.90. The second kappa shape index (κ2) is 8.92. The maximum atomic E-state index is 13.2. The van der Waals surface area contributed by atoms with Gasteiger partial charge in [0.05, 0.1) is 25.6 Å². The lowest BCUT2D eigenvalue weighted by Gasteiger charge is -2.36. The predicted molar refractivity (Wildman–Crippen MR) is 122 cm³/mol. The van der Waals surface area contributed by atoms with Crippen LogP contribution in [-0.4, -0.2) is 57.1 Å². The Morgan fingerprint density at radius 2 is 1.85 bits per heavy atom. The summed E-state index contributed by atoms with van der Waals surface area (Å²) >= 11 is 0. The molecule has 0 N–H and O–H groups in total. The number of fused-ring (bicyclic) bond motifs is 1. The summed E-state index contributed by atoms with van der Waals surface area (Å²) in [6.45, 7) is 3.79. The van der Waals surface area contributed by atoms with Crippen molar-refractivity contribution in [3.05, 3.63) is 53.0 Å². The number of aromatic nitrogens is 2. The van der Waals surface area contributed by atoms with Gasteiger partial charge in [0.25, 0.3) is 0 Å². The van der Waals surface area contributed by atoms with Gasteiger partial charge in [0.1, 0.15) is 5.82 Å². The molecule has 33 heavy (non-hydrogen) atoms. The molecule has 3 aliphatic heterocycles. The van der Waals surface area contributed by atoms with Gasteiger partial charge in [0.2, 0.25) is 17.7 Å². The van der Waals surface area contributed by atoms with Crippen LogP contribution in [0.25, 0.3) is 0 Å². The average Bonchev–Trinajstić information content (AvgIpc) is 3.37. The molecular weight excluding hydrogens is 418 g/mol. The van der Waals surface area contributed by atoms with Gasteiger partial charge < -0.3 is 9.80 Å². The van der Waals surface area contributed by atoms with Crippen molar-refractivity contribution < 1.29 is 14.4 Å². The molecule has 0 saturated carbocycles. The first-order valence-corrected chi connectivity index (χ1v) is 11.8. The van der Waals surface area contributed by atoms with Gasteiger partial charge in [-0.1, -0.05) is 30.3 Å². The minimum atomic E-state index is -0.234. The summed E-state index contributed by atoms with van der Waals surface area (Å²) in [6.07, 6.45) is 4.34. The molecule has 1 aromatic heterocycles. The maximum Gasteiger partial charge on any atom is 0.242 e. The first-order valence-electron chi connectivity index (χ1n) is 11.8. The van der Waals surface area contributed by atoms with Gasteiger partial charge in [0.15, 0.2) is 5.82 Å². The molecule has 0 unspecified atom stereocenters. The number of rotatable bonds is 5. The lowest BCUT2D eigenvalue weighted by atomic mass is 10.0. The van der Waals surface area contributed by atoms with Crippen LogP contribution in [0.1, 0.15) is 60.8 Å². The number of nitrogens with zero attached hydrogens (tertiary/aromatic N) is 5. The quantitative estimate of drug-likeness (QED) is 0.703. The van der Waals surface area contributed by atoms with Crippen LogP contribution in [-0.2, 0) is 27.3 Å². The van der Waals surface area contributed by atoms with Crippen LogP contribution in [0.15, 0.2) is 30.3 Å². The summed E-state index contributed by atoms with van der Waals surface area (Å²) < 4.78 is 0. The summed E-state index contributed by atoms with van der Waals surface area (Å²) in [6, 6.07) is 9.65. The Morgan fingerprint density at radius 3 is 2.61 bits per heavy atom. The van der Waals surface area contributed by atoms with Crippen molar-refractivity contribution in [3.8, 4) is 0 Å². The van der Waals surface area contributed by atoms with Crippen LogP contribution in [0, 0.1) is 6.92 Å². The number of anilines is 1. The third kappa shape index (κ3) is 4.21. The standard InChI is InChI=1S/C25H29N5O3/c1-17-19-14-22(32)30(15-18-8-3-2-4-9-18)25(19)27-24(26-17)20-10-5-6-13-29(20)23(33)16-28-12-7-11-21(28)31/h2-4,8-9,20H,5-7,10-16H2,1H3/t20-/m1/s1. The lowest BCUT2D eigenvalue weighted by molar-refractivity contribution is -0.141. The molecule has 0 aliphatic carbocycles. The van der Waals surface area contributed by atoms with Crippen molar-refractivity contribution in [1.29, 1.82) is 0 Å². The molecule has 172 valence electrons. The van der Waals surface area contributed by atoms with Gasteiger partial charge in [0, 0.05) is 30.8 Å². The molecule has 2 saturated heterocycles. The van der Waals surface area contributed by atoms with Gasteiger partial charge in [-0.25, -0.2) is 9.97 Å². The van der Waals surface area contributed by atoms with Crippen molar-refractivity contribution in [2.45, 2.75) is 58.0 Å². The molecule has 1 aromatic carbocycles. The highest BCUT2D eigenvalue weighted by Gasteiger charge is 2.36. The van der Waals surface area contributed by atoms with Crippen LogP contribution in [0.3, 0.4) is 0 Å². The van der Waals surface area contributed by atoms with E-state index < -0.39 is 0 Å². The van der Waals surface area contributed by atoms with Crippen molar-refractivity contribution in [2.24, 2.45) is 0 Å². The van der Waals surface area contributed by atoms with Crippen molar-refractivity contribution in [2.75, 3.05) is 24.5 Å². The largest absolute Gasteiger partial charge is 0.333 e. The van der Waals surface area contributed by atoms with E-state index in [-0.39, 0.29) is 30.3 Å². The SMILES string of the molecule is Cc1nc([C@H]2CCCCN2C(=O)CN2CCCC2=O)nc2c1CC(=O)N2Cc1ccccc1. The summed E-state index contributed by atoms with van der Waals surface area (Å²) in [4.78, 5) is 52.9. The Morgan fingerprint density at radius 1 is 1.03 bits per heavy atom. The summed E-state index contributed by atoms with van der Waals surface area (Å²) in [7, 11) is 0. The van der Waals surface area contributed by atoms with E-state index in [1.165, 1.54) is 0 Å². The van der Waals surface area contributed by atoms with E-state index in [0.717, 1.165) is 42.5 Å². The minimum absolute atomic E-state index is 0.0209. The number of hydrogen-bond acceptors (Lipinski definition) is 5. The van der Waals surface area contributed by atoms with E-state index in [2.05, 4.69) is 0 Å². The Kier molecular flexibility index (Phi) is 5.83. The monoisotopic (exact) mass is 447 g/mol. The van der Waals surface area contributed by atoms with Crippen molar-refractivity contribution >= 4 is 23.5 Å². The van der Waals surface area contributed by atoms with Gasteiger partial charge >= 0.3 is 0 Å². The van der Waals surface area contributed by atoms with Gasteiger partial charge in [-0.05, 0) is 38.2 Å². The van der Waals surface area contributed by atoms with Crippen LogP contribution >= 0.6 is 0 Å². The smallest absolute Gasteiger partial charge is 0.242 e. The number of likely N-dealkylation sites (tertiary alicyclic amines) is 2. The highest BCUT2D eigenvalue weighted by atomic mass is 16.2. The molecule has 3 aliphatic rings. The summed E-state index contributed by atoms with van der Waals surface area (Å²) in [5.74, 6) is 1.29. The highest BCUT2D eigenvalue weighted by molar-refractivity contribution is 6.00. The normalized spacial score (nSPS) is 20.5. The van der Waals surface area contributed by atoms with E-state index in [9.17, 15) is 14.4 Å². The third-order valence-corrected chi connectivity index (χ3v) is 6.90. The Hall–Kier alpha value is -3.29. The Labute approximate surface area is 193 Å². The zero-order chi connectivity index (χ0) is 22.9. The number of carbonyl (C=O) groups excluding carboxylic acids is 3. The van der Waals surface area contributed by atoms with E-state index in [1.807, 2.05) is 42.2 Å². The molecule has 0 bridgehead atoms. The van der Waals surface area contributed by atoms with Gasteiger partial charge in [-0.2, -0.15) is 0 Å². The molecule has 2 fully saturated rings. The summed E-state index contributed by atoms with van der Waals surface area (Å²) in [5.41, 5.74) is 2.71. The van der Waals surface area contributed by atoms with Crippen molar-refractivity contribution in [3.63, 3.8) is 0 Å². The van der Waals surface area contributed by atoms with E-state index in [1.54, 1.807) is 9.80 Å². The van der Waals surface area contributed by atoms with Crippen molar-refractivity contribution in [1.82, 2.24) is 19.8 Å². The number of benzene rings is 1. The number of amides is 3. The molecular formula is C25H29N5O3. The Bertz CT molecular complexity index is 1090. The second-order valence-electron chi connectivity index (χ2n) is 9.13. The van der Waals surface area contributed by atoms with Crippen LogP contribution in [0.5, 0.6) is 0 Å². The maximum absolute atomic E-state index is 13.2. The summed E-state index contributed by atoms with van der Waals surface area (Å²) in [5, 5.41) is 0. The van der Waals surface area contributed by atoms with E-state index in [0.29, 0.717) is 44.1 Å². The lowest BCUT2D eigenvalue weighted by Crippen LogP contribution is -2.45. The highest BCUT2D eigenvalue weighted by Crippen LogP contribution is 2.35. The molecule has 8 nitrogen and oxygen atoms in total. The van der Waals surface area contributed by atoms with Crippen LogP contribution in [0.4, 0.5) is 5.82 Å². The molecule has 0 radical (unpaired) electrons. The number of aryl methyl sites for hydroxylation is 1. The molecule has 2 aromatic rings. The number of carbonyl (C=O) groups is 3. The first-order chi connectivity index (χ1) is 16.0. The van der Waals surface area contributed by atoms with Crippen LogP contribution < -0.4 is 4.90 Å². The first kappa shape index (κ1) is 21.6. The fraction of sp³-hybridized carbons (Fsp3) is 0.480. The van der Waals surface area contributed by atoms with Gasteiger partial charge in [-0.15, -0.1) is 0 Å². The van der Waals surface area contributed by atoms with Gasteiger partial charge in [-0.3, -0.25) is 19.3 Å². The molecule has 5 rings (SSSR count). The molecule has 0 spiro atoms. The molecule has 1 atom stereocenters. The Balaban J connectivity index is 1.42. The molecule has 3 amide bonds. The van der Waals surface area contributed by atoms with Crippen LogP contribution in [0.2, 0.25) is 0 Å². The number of piperidine rings is 1. The minimum Gasteiger partial charge on any atom is -0.333 e. The zero-order valence-corrected chi connectivity index (χ0v) is 19.0. The average molecular weight is 448 g/mol. The van der Waals surface area contributed by atoms with E-state index in [4.69, 9.17) is 9.97 Å².